The molecule has 0 saturated heterocycles. The van der Waals surface area contributed by atoms with E-state index in [4.69, 9.17) is 9.47 Å². The molecular weight excluding hydrogens is 366 g/mol. The maximum atomic E-state index is 11.7. The predicted molar refractivity (Wildman–Crippen MR) is 111 cm³/mol. The molecule has 0 atom stereocenters. The van der Waals surface area contributed by atoms with Gasteiger partial charge >= 0.3 is 5.97 Å². The van der Waals surface area contributed by atoms with Gasteiger partial charge in [0.1, 0.15) is 23.7 Å². The molecule has 3 rings (SSSR count). The highest BCUT2D eigenvalue weighted by Crippen LogP contribution is 2.25. The smallest absolute Gasteiger partial charge is 0.339 e. The number of hydrogen-bond acceptors (Lipinski definition) is 4. The van der Waals surface area contributed by atoms with Crippen LogP contribution in [0.3, 0.4) is 0 Å². The van der Waals surface area contributed by atoms with Crippen LogP contribution in [0.5, 0.6) is 11.5 Å². The quantitative estimate of drug-likeness (QED) is 0.455. The average Bonchev–Trinajstić information content (AvgIpc) is 2.77. The maximum absolute atomic E-state index is 11.7. The predicted octanol–water partition coefficient (Wildman–Crippen LogP) is 5.04. The zero-order chi connectivity index (χ0) is 20.6. The second-order valence-electron chi connectivity index (χ2n) is 6.23. The minimum absolute atomic E-state index is 0.0432. The third-order valence-corrected chi connectivity index (χ3v) is 4.30. The molecule has 0 aliphatic heterocycles. The first-order valence-corrected chi connectivity index (χ1v) is 8.91. The van der Waals surface area contributed by atoms with Gasteiger partial charge in [-0.3, -0.25) is 0 Å². The van der Waals surface area contributed by atoms with Crippen molar-refractivity contribution in [3.8, 4) is 17.6 Å². The molecule has 3 aromatic carbocycles. The van der Waals surface area contributed by atoms with Gasteiger partial charge in [-0.15, -0.1) is 0 Å². The Morgan fingerprint density at radius 1 is 1.07 bits per heavy atom. The van der Waals surface area contributed by atoms with Gasteiger partial charge in [0.25, 0.3) is 0 Å². The average molecular weight is 385 g/mol. The van der Waals surface area contributed by atoms with E-state index in [9.17, 15) is 15.2 Å². The van der Waals surface area contributed by atoms with Gasteiger partial charge in [0.05, 0.1) is 18.8 Å². The van der Waals surface area contributed by atoms with Crippen LogP contribution in [-0.4, -0.2) is 18.2 Å². The third-order valence-electron chi connectivity index (χ3n) is 4.30. The number of carboxylic acids is 1. The fourth-order valence-corrected chi connectivity index (χ4v) is 2.78. The molecule has 3 aromatic rings. The van der Waals surface area contributed by atoms with E-state index in [1.807, 2.05) is 30.3 Å². The van der Waals surface area contributed by atoms with E-state index in [2.05, 4.69) is 6.07 Å². The van der Waals surface area contributed by atoms with Crippen LogP contribution in [0.1, 0.15) is 27.0 Å². The largest absolute Gasteiger partial charge is 0.497 e. The fraction of sp³-hybridized carbons (Fsp3) is 0.0833. The van der Waals surface area contributed by atoms with Crippen molar-refractivity contribution in [1.82, 2.24) is 0 Å². The molecule has 29 heavy (non-hydrogen) atoms. The standard InChI is InChI=1S/C24H19NO4/c1-28-21-10-8-19(9-11-21)20(15-25)13-18-7-12-23(22(14-18)24(26)27)29-16-17-5-3-2-4-6-17/h2-14H,16H2,1H3,(H,26,27)/b20-13+. The second-order valence-corrected chi connectivity index (χ2v) is 6.23. The normalized spacial score (nSPS) is 10.8. The van der Waals surface area contributed by atoms with Crippen molar-refractivity contribution >= 4 is 17.6 Å². The lowest BCUT2D eigenvalue weighted by atomic mass is 10.0. The molecule has 0 aliphatic carbocycles. The van der Waals surface area contributed by atoms with E-state index < -0.39 is 5.97 Å². The molecule has 0 spiro atoms. The summed E-state index contributed by atoms with van der Waals surface area (Å²) in [5.74, 6) is -0.119. The Morgan fingerprint density at radius 2 is 1.79 bits per heavy atom. The molecule has 0 amide bonds. The van der Waals surface area contributed by atoms with Crippen LogP contribution in [0.25, 0.3) is 11.6 Å². The van der Waals surface area contributed by atoms with Crippen molar-refractivity contribution in [3.63, 3.8) is 0 Å². The van der Waals surface area contributed by atoms with Crippen LogP contribution in [0.4, 0.5) is 0 Å². The molecule has 0 unspecified atom stereocenters. The number of nitriles is 1. The Bertz CT molecular complexity index is 1060. The first-order valence-electron chi connectivity index (χ1n) is 8.91. The summed E-state index contributed by atoms with van der Waals surface area (Å²) in [6.07, 6.45) is 1.65. The Balaban J connectivity index is 1.87. The van der Waals surface area contributed by atoms with Crippen molar-refractivity contribution < 1.29 is 19.4 Å². The lowest BCUT2D eigenvalue weighted by Crippen LogP contribution is -2.04. The molecule has 144 valence electrons. The monoisotopic (exact) mass is 385 g/mol. The molecule has 0 aromatic heterocycles. The highest BCUT2D eigenvalue weighted by molar-refractivity contribution is 5.94. The Hall–Kier alpha value is -4.04. The summed E-state index contributed by atoms with van der Waals surface area (Å²) >= 11 is 0. The number of allylic oxidation sites excluding steroid dienone is 1. The summed E-state index contributed by atoms with van der Waals surface area (Å²) in [4.78, 5) is 11.7. The molecule has 0 heterocycles. The minimum Gasteiger partial charge on any atom is -0.497 e. The van der Waals surface area contributed by atoms with Gasteiger partial charge in [0, 0.05) is 0 Å². The zero-order valence-electron chi connectivity index (χ0n) is 15.8. The summed E-state index contributed by atoms with van der Waals surface area (Å²) in [5, 5.41) is 19.1. The van der Waals surface area contributed by atoms with Crippen LogP contribution < -0.4 is 9.47 Å². The molecular formula is C24H19NO4. The molecule has 5 heteroatoms. The van der Waals surface area contributed by atoms with Crippen molar-refractivity contribution in [2.45, 2.75) is 6.61 Å². The molecule has 0 bridgehead atoms. The third kappa shape index (κ3) is 5.02. The highest BCUT2D eigenvalue weighted by Gasteiger charge is 2.13. The van der Waals surface area contributed by atoms with Gasteiger partial charge in [-0.1, -0.05) is 36.4 Å². The van der Waals surface area contributed by atoms with Gasteiger partial charge in [-0.2, -0.15) is 5.26 Å². The van der Waals surface area contributed by atoms with E-state index in [1.54, 1.807) is 49.6 Å². The Morgan fingerprint density at radius 3 is 2.41 bits per heavy atom. The molecule has 0 aliphatic rings. The van der Waals surface area contributed by atoms with E-state index in [-0.39, 0.29) is 17.9 Å². The van der Waals surface area contributed by atoms with E-state index in [1.165, 1.54) is 6.07 Å². The van der Waals surface area contributed by atoms with Crippen LogP contribution in [0, 0.1) is 11.3 Å². The maximum Gasteiger partial charge on any atom is 0.339 e. The number of carbonyl (C=O) groups is 1. The minimum atomic E-state index is -1.09. The molecule has 0 fully saturated rings. The number of carboxylic acid groups (broad SMARTS) is 1. The van der Waals surface area contributed by atoms with E-state index in [0.29, 0.717) is 16.9 Å². The van der Waals surface area contributed by atoms with Gasteiger partial charge in [0.15, 0.2) is 0 Å². The van der Waals surface area contributed by atoms with Crippen LogP contribution in [0.2, 0.25) is 0 Å². The molecule has 1 N–H and O–H groups in total. The van der Waals surface area contributed by atoms with Crippen molar-refractivity contribution in [3.05, 3.63) is 95.1 Å². The second kappa shape index (κ2) is 9.25. The highest BCUT2D eigenvalue weighted by atomic mass is 16.5. The van der Waals surface area contributed by atoms with Crippen LogP contribution in [0.15, 0.2) is 72.8 Å². The van der Waals surface area contributed by atoms with Gasteiger partial charge in [-0.05, 0) is 59.2 Å². The first kappa shape index (κ1) is 19.7. The summed E-state index contributed by atoms with van der Waals surface area (Å²) in [5.41, 5.74) is 2.72. The van der Waals surface area contributed by atoms with Crippen molar-refractivity contribution in [2.24, 2.45) is 0 Å². The summed E-state index contributed by atoms with van der Waals surface area (Å²) in [7, 11) is 1.57. The van der Waals surface area contributed by atoms with Gasteiger partial charge in [0.2, 0.25) is 0 Å². The van der Waals surface area contributed by atoms with Crippen LogP contribution in [-0.2, 0) is 6.61 Å². The van der Waals surface area contributed by atoms with E-state index in [0.717, 1.165) is 11.1 Å². The first-order chi connectivity index (χ1) is 14.1. The zero-order valence-corrected chi connectivity index (χ0v) is 15.8. The topological polar surface area (TPSA) is 79.5 Å². The number of nitrogens with zero attached hydrogens (tertiary/aromatic N) is 1. The number of ether oxygens (including phenoxy) is 2. The number of hydrogen-bond donors (Lipinski definition) is 1. The number of methoxy groups -OCH3 is 1. The van der Waals surface area contributed by atoms with Crippen molar-refractivity contribution in [1.29, 1.82) is 5.26 Å². The lowest BCUT2D eigenvalue weighted by Gasteiger charge is -2.10. The lowest BCUT2D eigenvalue weighted by molar-refractivity contribution is 0.0691. The molecule has 0 saturated carbocycles. The summed E-state index contributed by atoms with van der Waals surface area (Å²) in [6, 6.07) is 23.6. The van der Waals surface area contributed by atoms with Gasteiger partial charge < -0.3 is 14.6 Å². The SMILES string of the molecule is COc1ccc(/C(C#N)=C/c2ccc(OCc3ccccc3)c(C(=O)O)c2)cc1. The van der Waals surface area contributed by atoms with Crippen molar-refractivity contribution in [2.75, 3.05) is 7.11 Å². The number of rotatable bonds is 7. The van der Waals surface area contributed by atoms with Gasteiger partial charge in [-0.25, -0.2) is 4.79 Å². The molecule has 0 radical (unpaired) electrons. The summed E-state index contributed by atoms with van der Waals surface area (Å²) in [6.45, 7) is 0.269. The van der Waals surface area contributed by atoms with E-state index >= 15 is 0 Å². The van der Waals surface area contributed by atoms with Crippen LogP contribution >= 0.6 is 0 Å². The Labute approximate surface area is 169 Å². The summed E-state index contributed by atoms with van der Waals surface area (Å²) < 4.78 is 10.8. The number of aromatic carboxylic acids is 1. The fourth-order valence-electron chi connectivity index (χ4n) is 2.78. The number of benzene rings is 3. The Kier molecular flexibility index (Phi) is 6.29. The molecule has 5 nitrogen and oxygen atoms in total.